The highest BCUT2D eigenvalue weighted by atomic mass is 16.5. The maximum absolute atomic E-state index is 11.0. The number of carbonyl (C=O) groups is 2. The van der Waals surface area contributed by atoms with E-state index in [1.54, 1.807) is 0 Å². The molecule has 2 atom stereocenters. The molecule has 0 aromatic rings. The molecule has 0 spiro atoms. The van der Waals surface area contributed by atoms with Crippen molar-refractivity contribution in [3.8, 4) is 0 Å². The van der Waals surface area contributed by atoms with Crippen LogP contribution in [0.4, 0.5) is 0 Å². The molecule has 0 unspecified atom stereocenters. The maximum Gasteiger partial charge on any atom is 0.308 e. The lowest BCUT2D eigenvalue weighted by Crippen LogP contribution is -2.35. The summed E-state index contributed by atoms with van der Waals surface area (Å²) in [6.45, 7) is 0. The molecule has 0 heterocycles. The van der Waals surface area contributed by atoms with Crippen LogP contribution >= 0.6 is 0 Å². The minimum atomic E-state index is -0.839. The van der Waals surface area contributed by atoms with Crippen LogP contribution in [-0.4, -0.2) is 24.2 Å². The zero-order valence-electron chi connectivity index (χ0n) is 6.95. The Kier molecular flexibility index (Phi) is 2.68. The predicted octanol–water partition coefficient (Wildman–Crippen LogP) is 0.660. The summed E-state index contributed by atoms with van der Waals surface area (Å²) < 4.78 is 4.53. The van der Waals surface area contributed by atoms with E-state index < -0.39 is 5.97 Å². The van der Waals surface area contributed by atoms with Crippen molar-refractivity contribution in [2.75, 3.05) is 7.11 Å². The van der Waals surface area contributed by atoms with Crippen LogP contribution in [0.3, 0.4) is 0 Å². The van der Waals surface area contributed by atoms with Crippen molar-refractivity contribution in [2.24, 2.45) is 11.8 Å². The van der Waals surface area contributed by atoms with Crippen molar-refractivity contribution in [3.05, 3.63) is 0 Å². The molecule has 0 aliphatic heterocycles. The summed E-state index contributed by atoms with van der Waals surface area (Å²) in [7, 11) is 1.33. The van der Waals surface area contributed by atoms with Gasteiger partial charge in [-0.25, -0.2) is 0 Å². The lowest BCUT2D eigenvalue weighted by atomic mass is 9.72. The largest absolute Gasteiger partial charge is 0.481 e. The first-order chi connectivity index (χ1) is 5.65. The van der Waals surface area contributed by atoms with Crippen molar-refractivity contribution >= 4 is 11.9 Å². The average molecular weight is 172 g/mol. The number of carboxylic acid groups (broad SMARTS) is 1. The monoisotopic (exact) mass is 172 g/mol. The first-order valence-electron chi connectivity index (χ1n) is 3.94. The molecule has 1 rings (SSSR count). The molecular weight excluding hydrogens is 160 g/mol. The topological polar surface area (TPSA) is 63.6 Å². The van der Waals surface area contributed by atoms with Gasteiger partial charge in [0.25, 0.3) is 0 Å². The standard InChI is InChI=1S/C8H12O4/c1-12-8(11)6-3-2-5(6)4-7(9)10/h5-6H,2-4H2,1H3,(H,9,10)/t5-,6-/m1/s1. The van der Waals surface area contributed by atoms with Crippen LogP contribution in [-0.2, 0) is 14.3 Å². The first-order valence-corrected chi connectivity index (χ1v) is 3.94. The fraction of sp³-hybridized carbons (Fsp3) is 0.750. The average Bonchev–Trinajstić information content (AvgIpc) is 1.98. The molecule has 0 radical (unpaired) electrons. The Balaban J connectivity index is 2.38. The number of aliphatic carboxylic acids is 1. The minimum absolute atomic E-state index is 0.00468. The van der Waals surface area contributed by atoms with Crippen LogP contribution in [0, 0.1) is 11.8 Å². The summed E-state index contributed by atoms with van der Waals surface area (Å²) in [6.07, 6.45) is 1.68. The van der Waals surface area contributed by atoms with Gasteiger partial charge in [-0.1, -0.05) is 0 Å². The Labute approximate surface area is 70.5 Å². The van der Waals surface area contributed by atoms with E-state index in [1.165, 1.54) is 7.11 Å². The van der Waals surface area contributed by atoms with E-state index in [0.29, 0.717) is 0 Å². The number of carboxylic acids is 1. The Morgan fingerprint density at radius 3 is 2.50 bits per heavy atom. The third-order valence-corrected chi connectivity index (χ3v) is 2.36. The Morgan fingerprint density at radius 1 is 1.50 bits per heavy atom. The van der Waals surface area contributed by atoms with E-state index in [-0.39, 0.29) is 24.2 Å². The zero-order chi connectivity index (χ0) is 9.14. The smallest absolute Gasteiger partial charge is 0.308 e. The van der Waals surface area contributed by atoms with Crippen molar-refractivity contribution in [1.82, 2.24) is 0 Å². The number of esters is 1. The van der Waals surface area contributed by atoms with E-state index in [2.05, 4.69) is 4.74 Å². The molecule has 1 saturated carbocycles. The van der Waals surface area contributed by atoms with Gasteiger partial charge in [-0.05, 0) is 18.8 Å². The van der Waals surface area contributed by atoms with E-state index in [1.807, 2.05) is 0 Å². The summed E-state index contributed by atoms with van der Waals surface area (Å²) in [4.78, 5) is 21.3. The van der Waals surface area contributed by atoms with Gasteiger partial charge in [-0.3, -0.25) is 9.59 Å². The highest BCUT2D eigenvalue weighted by Crippen LogP contribution is 2.37. The van der Waals surface area contributed by atoms with Crippen molar-refractivity contribution in [2.45, 2.75) is 19.3 Å². The van der Waals surface area contributed by atoms with Gasteiger partial charge in [0.15, 0.2) is 0 Å². The van der Waals surface area contributed by atoms with Crippen molar-refractivity contribution in [1.29, 1.82) is 0 Å². The third kappa shape index (κ3) is 1.75. The van der Waals surface area contributed by atoms with E-state index in [4.69, 9.17) is 5.11 Å². The normalized spacial score (nSPS) is 27.4. The fourth-order valence-corrected chi connectivity index (χ4v) is 1.50. The Morgan fingerprint density at radius 2 is 2.17 bits per heavy atom. The third-order valence-electron chi connectivity index (χ3n) is 2.36. The molecular formula is C8H12O4. The minimum Gasteiger partial charge on any atom is -0.481 e. The lowest BCUT2D eigenvalue weighted by molar-refractivity contribution is -0.153. The molecule has 0 saturated heterocycles. The molecule has 12 heavy (non-hydrogen) atoms. The molecule has 0 bridgehead atoms. The molecule has 1 aliphatic rings. The van der Waals surface area contributed by atoms with Gasteiger partial charge in [0.1, 0.15) is 0 Å². The van der Waals surface area contributed by atoms with Crippen LogP contribution in [0.2, 0.25) is 0 Å². The van der Waals surface area contributed by atoms with Gasteiger partial charge in [0, 0.05) is 6.42 Å². The Bertz CT molecular complexity index is 199. The van der Waals surface area contributed by atoms with Crippen molar-refractivity contribution in [3.63, 3.8) is 0 Å². The quantitative estimate of drug-likeness (QED) is 0.635. The first kappa shape index (κ1) is 9.03. The highest BCUT2D eigenvalue weighted by Gasteiger charge is 2.38. The highest BCUT2D eigenvalue weighted by molar-refractivity contribution is 5.75. The number of ether oxygens (including phenoxy) is 1. The molecule has 0 aromatic carbocycles. The van der Waals surface area contributed by atoms with Gasteiger partial charge in [0.05, 0.1) is 13.0 Å². The predicted molar refractivity (Wildman–Crippen MR) is 40.5 cm³/mol. The second kappa shape index (κ2) is 3.56. The molecule has 68 valence electrons. The lowest BCUT2D eigenvalue weighted by Gasteiger charge is -2.32. The summed E-state index contributed by atoms with van der Waals surface area (Å²) in [6, 6.07) is 0. The van der Waals surface area contributed by atoms with Gasteiger partial charge in [-0.15, -0.1) is 0 Å². The number of rotatable bonds is 3. The summed E-state index contributed by atoms with van der Waals surface area (Å²) in [5.74, 6) is -1.29. The van der Waals surface area contributed by atoms with Gasteiger partial charge in [-0.2, -0.15) is 0 Å². The van der Waals surface area contributed by atoms with E-state index >= 15 is 0 Å². The number of hydrogen-bond donors (Lipinski definition) is 1. The SMILES string of the molecule is COC(=O)[C@@H]1CC[C@@H]1CC(=O)O. The molecule has 4 nitrogen and oxygen atoms in total. The van der Waals surface area contributed by atoms with Crippen LogP contribution in [0.5, 0.6) is 0 Å². The molecule has 1 fully saturated rings. The van der Waals surface area contributed by atoms with Gasteiger partial charge >= 0.3 is 11.9 Å². The molecule has 0 aromatic heterocycles. The van der Waals surface area contributed by atoms with E-state index in [0.717, 1.165) is 12.8 Å². The van der Waals surface area contributed by atoms with Gasteiger partial charge in [0.2, 0.25) is 0 Å². The molecule has 1 aliphatic carbocycles. The molecule has 4 heteroatoms. The number of hydrogen-bond acceptors (Lipinski definition) is 3. The van der Waals surface area contributed by atoms with Crippen molar-refractivity contribution < 1.29 is 19.4 Å². The van der Waals surface area contributed by atoms with Crippen LogP contribution in [0.15, 0.2) is 0 Å². The van der Waals surface area contributed by atoms with Crippen LogP contribution in [0.25, 0.3) is 0 Å². The van der Waals surface area contributed by atoms with Gasteiger partial charge < -0.3 is 9.84 Å². The van der Waals surface area contributed by atoms with E-state index in [9.17, 15) is 9.59 Å². The Hall–Kier alpha value is -1.06. The second-order valence-corrected chi connectivity index (χ2v) is 3.06. The summed E-state index contributed by atoms with van der Waals surface area (Å²) in [5, 5.41) is 8.47. The zero-order valence-corrected chi connectivity index (χ0v) is 6.95. The summed E-state index contributed by atoms with van der Waals surface area (Å²) in [5.41, 5.74) is 0. The second-order valence-electron chi connectivity index (χ2n) is 3.06. The molecule has 1 N–H and O–H groups in total. The van der Waals surface area contributed by atoms with Crippen LogP contribution < -0.4 is 0 Å². The maximum atomic E-state index is 11.0. The number of methoxy groups -OCH3 is 1. The molecule has 0 amide bonds. The number of carbonyl (C=O) groups excluding carboxylic acids is 1. The summed E-state index contributed by atoms with van der Waals surface area (Å²) >= 11 is 0. The van der Waals surface area contributed by atoms with Crippen LogP contribution in [0.1, 0.15) is 19.3 Å². The fourth-order valence-electron chi connectivity index (χ4n) is 1.50.